The van der Waals surface area contributed by atoms with Gasteiger partial charge in [-0.25, -0.2) is 0 Å². The van der Waals surface area contributed by atoms with Gasteiger partial charge in [-0.15, -0.1) is 0 Å². The largest absolute Gasteiger partial charge is 0.466 e. The van der Waals surface area contributed by atoms with Gasteiger partial charge in [0.25, 0.3) is 0 Å². The van der Waals surface area contributed by atoms with Crippen molar-refractivity contribution in [1.29, 1.82) is 0 Å². The van der Waals surface area contributed by atoms with Crippen molar-refractivity contribution in [3.05, 3.63) is 0 Å². The van der Waals surface area contributed by atoms with Crippen molar-refractivity contribution >= 4 is 18.6 Å². The summed E-state index contributed by atoms with van der Waals surface area (Å²) in [5.41, 5.74) is 5.48. The summed E-state index contributed by atoms with van der Waals surface area (Å²) in [7, 11) is 0. The number of carbonyl (C=O) groups is 1. The molecule has 0 heterocycles. The van der Waals surface area contributed by atoms with Crippen LogP contribution in [0.15, 0.2) is 0 Å². The van der Waals surface area contributed by atoms with Crippen LogP contribution in [0.1, 0.15) is 26.2 Å². The van der Waals surface area contributed by atoms with E-state index >= 15 is 0 Å². The van der Waals surface area contributed by atoms with Crippen LogP contribution in [0.2, 0.25) is 0 Å². The molecule has 0 rings (SSSR count). The lowest BCUT2D eigenvalue weighted by atomic mass is 10.3. The number of thiol groups is 1. The fourth-order valence-corrected chi connectivity index (χ4v) is 0.812. The lowest BCUT2D eigenvalue weighted by Gasteiger charge is -2.05. The molecule has 0 saturated heterocycles. The molecule has 4 heteroatoms. The van der Waals surface area contributed by atoms with Crippen molar-refractivity contribution in [2.24, 2.45) is 5.73 Å². The van der Waals surface area contributed by atoms with Crippen LogP contribution >= 0.6 is 12.6 Å². The topological polar surface area (TPSA) is 52.3 Å². The summed E-state index contributed by atoms with van der Waals surface area (Å²) in [6, 6.07) is 0.0997. The molecule has 0 aliphatic carbocycles. The van der Waals surface area contributed by atoms with E-state index in [1.165, 1.54) is 0 Å². The van der Waals surface area contributed by atoms with E-state index in [1.807, 2.05) is 6.92 Å². The minimum atomic E-state index is -0.148. The SMILES string of the molecule is CC(N)CCOC(=O)CCCS. The second kappa shape index (κ2) is 7.43. The van der Waals surface area contributed by atoms with Gasteiger partial charge in [-0.2, -0.15) is 12.6 Å². The Labute approximate surface area is 79.1 Å². The summed E-state index contributed by atoms with van der Waals surface area (Å²) in [5, 5.41) is 0. The van der Waals surface area contributed by atoms with Crippen LogP contribution in [0.4, 0.5) is 0 Å². The van der Waals surface area contributed by atoms with Crippen LogP contribution in [0.3, 0.4) is 0 Å². The van der Waals surface area contributed by atoms with Gasteiger partial charge in [0.05, 0.1) is 6.61 Å². The first kappa shape index (κ1) is 11.8. The van der Waals surface area contributed by atoms with Crippen LogP contribution in [-0.2, 0) is 9.53 Å². The van der Waals surface area contributed by atoms with Gasteiger partial charge < -0.3 is 10.5 Å². The van der Waals surface area contributed by atoms with Gasteiger partial charge in [0, 0.05) is 12.5 Å². The predicted octanol–water partition coefficient (Wildman–Crippen LogP) is 0.977. The van der Waals surface area contributed by atoms with Gasteiger partial charge in [0.1, 0.15) is 0 Å². The molecule has 0 aromatic rings. The Balaban J connectivity index is 3.20. The second-order valence-electron chi connectivity index (χ2n) is 2.81. The number of hydrogen-bond acceptors (Lipinski definition) is 4. The van der Waals surface area contributed by atoms with E-state index in [0.717, 1.165) is 18.6 Å². The molecule has 0 radical (unpaired) electrons. The molecule has 72 valence electrons. The van der Waals surface area contributed by atoms with Crippen LogP contribution in [0.5, 0.6) is 0 Å². The number of hydrogen-bond donors (Lipinski definition) is 2. The molecule has 1 atom stereocenters. The highest BCUT2D eigenvalue weighted by Crippen LogP contribution is 1.96. The van der Waals surface area contributed by atoms with Crippen LogP contribution in [0, 0.1) is 0 Å². The molecule has 0 saturated carbocycles. The minimum Gasteiger partial charge on any atom is -0.466 e. The molecule has 12 heavy (non-hydrogen) atoms. The standard InChI is InChI=1S/C8H17NO2S/c1-7(9)4-5-11-8(10)3-2-6-12/h7,12H,2-6,9H2,1H3. The Morgan fingerprint density at radius 1 is 1.67 bits per heavy atom. The number of rotatable bonds is 6. The first-order valence-electron chi connectivity index (χ1n) is 4.19. The van der Waals surface area contributed by atoms with E-state index in [0.29, 0.717) is 13.0 Å². The van der Waals surface area contributed by atoms with Crippen LogP contribution < -0.4 is 5.73 Å². The minimum absolute atomic E-state index is 0.0997. The number of nitrogens with two attached hydrogens (primary N) is 1. The van der Waals surface area contributed by atoms with E-state index in [2.05, 4.69) is 12.6 Å². The zero-order chi connectivity index (χ0) is 9.40. The van der Waals surface area contributed by atoms with E-state index in [4.69, 9.17) is 10.5 Å². The van der Waals surface area contributed by atoms with E-state index < -0.39 is 0 Å². The van der Waals surface area contributed by atoms with Gasteiger partial charge in [-0.3, -0.25) is 4.79 Å². The summed E-state index contributed by atoms with van der Waals surface area (Å²) in [6.07, 6.45) is 1.97. The third-order valence-corrected chi connectivity index (χ3v) is 1.69. The Hall–Kier alpha value is -0.220. The lowest BCUT2D eigenvalue weighted by Crippen LogP contribution is -2.18. The highest BCUT2D eigenvalue weighted by molar-refractivity contribution is 7.80. The Kier molecular flexibility index (Phi) is 7.29. The maximum absolute atomic E-state index is 10.9. The zero-order valence-corrected chi connectivity index (χ0v) is 8.35. The van der Waals surface area contributed by atoms with E-state index in [1.54, 1.807) is 0 Å². The van der Waals surface area contributed by atoms with Crippen molar-refractivity contribution in [2.45, 2.75) is 32.2 Å². The van der Waals surface area contributed by atoms with Gasteiger partial charge >= 0.3 is 5.97 Å². The highest BCUT2D eigenvalue weighted by Gasteiger charge is 2.01. The summed E-state index contributed by atoms with van der Waals surface area (Å²) in [5.74, 6) is 0.576. The Morgan fingerprint density at radius 3 is 2.83 bits per heavy atom. The van der Waals surface area contributed by atoms with Crippen LogP contribution in [0.25, 0.3) is 0 Å². The maximum atomic E-state index is 10.9. The predicted molar refractivity (Wildman–Crippen MR) is 52.3 cm³/mol. The fraction of sp³-hybridized carbons (Fsp3) is 0.875. The number of ether oxygens (including phenoxy) is 1. The van der Waals surface area contributed by atoms with Crippen LogP contribution in [-0.4, -0.2) is 24.4 Å². The molecule has 0 aliphatic heterocycles. The molecular weight excluding hydrogens is 174 g/mol. The second-order valence-corrected chi connectivity index (χ2v) is 3.26. The average Bonchev–Trinajstić information content (AvgIpc) is 2.00. The first-order chi connectivity index (χ1) is 5.66. The molecular formula is C8H17NO2S. The molecule has 1 unspecified atom stereocenters. The van der Waals surface area contributed by atoms with Gasteiger partial charge in [0.2, 0.25) is 0 Å². The average molecular weight is 191 g/mol. The maximum Gasteiger partial charge on any atom is 0.305 e. The van der Waals surface area contributed by atoms with Gasteiger partial charge in [-0.1, -0.05) is 0 Å². The summed E-state index contributed by atoms with van der Waals surface area (Å²) in [6.45, 7) is 2.32. The Bertz CT molecular complexity index is 128. The fourth-order valence-electron chi connectivity index (χ4n) is 0.654. The molecule has 0 fully saturated rings. The highest BCUT2D eigenvalue weighted by atomic mass is 32.1. The number of esters is 1. The summed E-state index contributed by atoms with van der Waals surface area (Å²) >= 11 is 3.99. The van der Waals surface area contributed by atoms with Crippen molar-refractivity contribution < 1.29 is 9.53 Å². The molecule has 0 amide bonds. The Morgan fingerprint density at radius 2 is 2.33 bits per heavy atom. The van der Waals surface area contributed by atoms with Gasteiger partial charge in [0.15, 0.2) is 0 Å². The zero-order valence-electron chi connectivity index (χ0n) is 7.45. The molecule has 2 N–H and O–H groups in total. The molecule has 0 aromatic heterocycles. The summed E-state index contributed by atoms with van der Waals surface area (Å²) < 4.78 is 4.90. The third-order valence-electron chi connectivity index (χ3n) is 1.38. The molecule has 3 nitrogen and oxygen atoms in total. The smallest absolute Gasteiger partial charge is 0.305 e. The van der Waals surface area contributed by atoms with Crippen molar-refractivity contribution in [3.63, 3.8) is 0 Å². The van der Waals surface area contributed by atoms with Crippen molar-refractivity contribution in [3.8, 4) is 0 Å². The van der Waals surface area contributed by atoms with Crippen molar-refractivity contribution in [1.82, 2.24) is 0 Å². The lowest BCUT2D eigenvalue weighted by molar-refractivity contribution is -0.143. The summed E-state index contributed by atoms with van der Waals surface area (Å²) in [4.78, 5) is 10.9. The van der Waals surface area contributed by atoms with Gasteiger partial charge in [-0.05, 0) is 25.5 Å². The third kappa shape index (κ3) is 7.88. The quantitative estimate of drug-likeness (QED) is 0.486. The number of carbonyl (C=O) groups excluding carboxylic acids is 1. The normalized spacial score (nSPS) is 12.6. The van der Waals surface area contributed by atoms with E-state index in [9.17, 15) is 4.79 Å². The first-order valence-corrected chi connectivity index (χ1v) is 4.82. The van der Waals surface area contributed by atoms with E-state index in [-0.39, 0.29) is 12.0 Å². The molecule has 0 spiro atoms. The monoisotopic (exact) mass is 191 g/mol. The molecule has 0 aromatic carbocycles. The molecule has 0 aliphatic rings. The van der Waals surface area contributed by atoms with Crippen molar-refractivity contribution in [2.75, 3.05) is 12.4 Å². The molecule has 0 bridgehead atoms.